The second-order valence-corrected chi connectivity index (χ2v) is 8.72. The van der Waals surface area contributed by atoms with Crippen molar-refractivity contribution in [3.05, 3.63) is 0 Å². The van der Waals surface area contributed by atoms with Gasteiger partial charge in [0.25, 0.3) is 0 Å². The summed E-state index contributed by atoms with van der Waals surface area (Å²) in [5, 5.41) is 11.0. The summed E-state index contributed by atoms with van der Waals surface area (Å²) in [6.07, 6.45) is 3.14. The van der Waals surface area contributed by atoms with Crippen LogP contribution in [-0.2, 0) is 14.3 Å². The molecular formula is C16H25N3O3S2. The average molecular weight is 372 g/mol. The number of thioether (sulfide) groups is 1. The molecule has 134 valence electrons. The lowest BCUT2D eigenvalue weighted by Crippen LogP contribution is -2.29. The molecule has 8 heteroatoms. The number of rotatable bonds is 7. The Kier molecular flexibility index (Phi) is 7.48. The molecular weight excluding hydrogens is 346 g/mol. The van der Waals surface area contributed by atoms with Crippen LogP contribution in [0, 0.1) is 11.8 Å². The van der Waals surface area contributed by atoms with Crippen LogP contribution < -0.4 is 5.32 Å². The molecule has 1 N–H and O–H groups in total. The maximum atomic E-state index is 11.9. The van der Waals surface area contributed by atoms with Gasteiger partial charge in [0.1, 0.15) is 6.10 Å². The highest BCUT2D eigenvalue weighted by atomic mass is 32.2. The number of hydrogen-bond acceptors (Lipinski definition) is 7. The monoisotopic (exact) mass is 371 g/mol. The zero-order valence-corrected chi connectivity index (χ0v) is 16.0. The molecule has 1 aromatic rings. The highest BCUT2D eigenvalue weighted by molar-refractivity contribution is 8.01. The van der Waals surface area contributed by atoms with Crippen LogP contribution in [-0.4, -0.2) is 33.9 Å². The SMILES string of the molecule is CCSc1nnc(NC(=O)CCC(=O)O[C@H]2CC[C@H](C)[C@H](C)C2)s1. The highest BCUT2D eigenvalue weighted by Gasteiger charge is 2.27. The molecule has 1 fully saturated rings. The molecule has 0 bridgehead atoms. The molecule has 0 aromatic carbocycles. The lowest BCUT2D eigenvalue weighted by Gasteiger charge is -2.31. The van der Waals surface area contributed by atoms with Gasteiger partial charge in [0, 0.05) is 6.42 Å². The number of esters is 1. The molecule has 0 radical (unpaired) electrons. The van der Waals surface area contributed by atoms with E-state index in [0.29, 0.717) is 17.0 Å². The van der Waals surface area contributed by atoms with Crippen LogP contribution in [0.3, 0.4) is 0 Å². The van der Waals surface area contributed by atoms with E-state index in [9.17, 15) is 9.59 Å². The zero-order valence-electron chi connectivity index (χ0n) is 14.4. The van der Waals surface area contributed by atoms with Gasteiger partial charge in [-0.25, -0.2) is 0 Å². The molecule has 1 saturated carbocycles. The largest absolute Gasteiger partial charge is 0.462 e. The summed E-state index contributed by atoms with van der Waals surface area (Å²) >= 11 is 2.92. The van der Waals surface area contributed by atoms with Crippen molar-refractivity contribution in [2.45, 2.75) is 63.3 Å². The number of carbonyl (C=O) groups excluding carboxylic acids is 2. The molecule has 1 amide bonds. The van der Waals surface area contributed by atoms with E-state index in [2.05, 4.69) is 29.4 Å². The van der Waals surface area contributed by atoms with E-state index in [1.54, 1.807) is 11.8 Å². The number of ether oxygens (including phenoxy) is 1. The second-order valence-electron chi connectivity index (χ2n) is 6.23. The Morgan fingerprint density at radius 3 is 2.75 bits per heavy atom. The molecule has 0 unspecified atom stereocenters. The predicted octanol–water partition coefficient (Wildman–Crippen LogP) is 3.74. The summed E-state index contributed by atoms with van der Waals surface area (Å²) in [6.45, 7) is 6.47. The number of anilines is 1. The first kappa shape index (κ1) is 19.2. The van der Waals surface area contributed by atoms with Crippen molar-refractivity contribution < 1.29 is 14.3 Å². The quantitative estimate of drug-likeness (QED) is 0.447. The van der Waals surface area contributed by atoms with Gasteiger partial charge in [-0.15, -0.1) is 10.2 Å². The number of amides is 1. The van der Waals surface area contributed by atoms with Crippen molar-refractivity contribution in [2.75, 3.05) is 11.1 Å². The van der Waals surface area contributed by atoms with Gasteiger partial charge in [-0.05, 0) is 36.9 Å². The third kappa shape index (κ3) is 6.05. The minimum atomic E-state index is -0.295. The molecule has 6 nitrogen and oxygen atoms in total. The summed E-state index contributed by atoms with van der Waals surface area (Å²) in [7, 11) is 0. The standard InChI is InChI=1S/C16H25N3O3S2/c1-4-23-16-19-18-15(24-16)17-13(20)7-8-14(21)22-12-6-5-10(2)11(3)9-12/h10-12H,4-9H2,1-3H3,(H,17,18,20)/t10-,11+,12-/m0/s1. The zero-order chi connectivity index (χ0) is 17.5. The summed E-state index contributed by atoms with van der Waals surface area (Å²) in [5.41, 5.74) is 0. The minimum absolute atomic E-state index is 0.00329. The van der Waals surface area contributed by atoms with Crippen molar-refractivity contribution >= 4 is 40.1 Å². The van der Waals surface area contributed by atoms with E-state index in [-0.39, 0.29) is 30.8 Å². The van der Waals surface area contributed by atoms with Crippen molar-refractivity contribution in [3.8, 4) is 0 Å². The van der Waals surface area contributed by atoms with Gasteiger partial charge in [-0.3, -0.25) is 9.59 Å². The van der Waals surface area contributed by atoms with Gasteiger partial charge in [-0.1, -0.05) is 43.9 Å². The van der Waals surface area contributed by atoms with Crippen LogP contribution in [0.15, 0.2) is 4.34 Å². The molecule has 1 aromatic heterocycles. The lowest BCUT2D eigenvalue weighted by molar-refractivity contribution is -0.152. The van der Waals surface area contributed by atoms with Crippen LogP contribution >= 0.6 is 23.1 Å². The molecule has 0 spiro atoms. The number of aromatic nitrogens is 2. The van der Waals surface area contributed by atoms with E-state index >= 15 is 0 Å². The van der Waals surface area contributed by atoms with Gasteiger partial charge in [0.15, 0.2) is 4.34 Å². The van der Waals surface area contributed by atoms with Crippen LogP contribution in [0.25, 0.3) is 0 Å². The Hall–Kier alpha value is -1.15. The fourth-order valence-electron chi connectivity index (χ4n) is 2.69. The van der Waals surface area contributed by atoms with Gasteiger partial charge < -0.3 is 10.1 Å². The van der Waals surface area contributed by atoms with Gasteiger partial charge in [0.05, 0.1) is 6.42 Å². The molecule has 1 aliphatic rings. The van der Waals surface area contributed by atoms with Crippen molar-refractivity contribution in [3.63, 3.8) is 0 Å². The van der Waals surface area contributed by atoms with Gasteiger partial charge in [-0.2, -0.15) is 0 Å². The van der Waals surface area contributed by atoms with Crippen LogP contribution in [0.5, 0.6) is 0 Å². The second kappa shape index (κ2) is 9.36. The third-order valence-electron chi connectivity index (χ3n) is 4.32. The van der Waals surface area contributed by atoms with E-state index in [1.165, 1.54) is 11.3 Å². The summed E-state index contributed by atoms with van der Waals surface area (Å²) in [6, 6.07) is 0. The Morgan fingerprint density at radius 1 is 1.25 bits per heavy atom. The number of carbonyl (C=O) groups is 2. The van der Waals surface area contributed by atoms with Crippen LogP contribution in [0.1, 0.15) is 52.9 Å². The number of hydrogen-bond donors (Lipinski definition) is 1. The fourth-order valence-corrected chi connectivity index (χ4v) is 4.35. The summed E-state index contributed by atoms with van der Waals surface area (Å²) in [4.78, 5) is 23.8. The number of nitrogens with zero attached hydrogens (tertiary/aromatic N) is 2. The Labute approximate surface area is 151 Å². The Balaban J connectivity index is 1.68. The van der Waals surface area contributed by atoms with E-state index < -0.39 is 0 Å². The highest BCUT2D eigenvalue weighted by Crippen LogP contribution is 2.31. The van der Waals surface area contributed by atoms with E-state index in [1.807, 2.05) is 6.92 Å². The molecule has 2 rings (SSSR count). The molecule has 1 aliphatic carbocycles. The first-order chi connectivity index (χ1) is 11.5. The van der Waals surface area contributed by atoms with E-state index in [4.69, 9.17) is 4.74 Å². The topological polar surface area (TPSA) is 81.2 Å². The third-order valence-corrected chi connectivity index (χ3v) is 6.18. The molecule has 3 atom stereocenters. The van der Waals surface area contributed by atoms with Gasteiger partial charge >= 0.3 is 5.97 Å². The Bertz CT molecular complexity index is 565. The smallest absolute Gasteiger partial charge is 0.306 e. The van der Waals surface area contributed by atoms with Gasteiger partial charge in [0.2, 0.25) is 11.0 Å². The van der Waals surface area contributed by atoms with Crippen LogP contribution in [0.4, 0.5) is 5.13 Å². The molecule has 24 heavy (non-hydrogen) atoms. The minimum Gasteiger partial charge on any atom is -0.462 e. The predicted molar refractivity (Wildman–Crippen MR) is 96.2 cm³/mol. The van der Waals surface area contributed by atoms with E-state index in [0.717, 1.165) is 29.4 Å². The summed E-state index contributed by atoms with van der Waals surface area (Å²) < 4.78 is 6.33. The maximum absolute atomic E-state index is 11.9. The first-order valence-electron chi connectivity index (χ1n) is 8.43. The van der Waals surface area contributed by atoms with Crippen LogP contribution in [0.2, 0.25) is 0 Å². The first-order valence-corrected chi connectivity index (χ1v) is 10.2. The fraction of sp³-hybridized carbons (Fsp3) is 0.750. The molecule has 0 saturated heterocycles. The van der Waals surface area contributed by atoms with Crippen molar-refractivity contribution in [2.24, 2.45) is 11.8 Å². The van der Waals surface area contributed by atoms with Crippen molar-refractivity contribution in [1.29, 1.82) is 0 Å². The maximum Gasteiger partial charge on any atom is 0.306 e. The molecule has 1 heterocycles. The lowest BCUT2D eigenvalue weighted by atomic mass is 9.80. The normalized spacial score (nSPS) is 23.7. The Morgan fingerprint density at radius 2 is 2.04 bits per heavy atom. The number of nitrogens with one attached hydrogen (secondary N) is 1. The van der Waals surface area contributed by atoms with Crippen molar-refractivity contribution in [1.82, 2.24) is 10.2 Å². The summed E-state index contributed by atoms with van der Waals surface area (Å²) in [5.74, 6) is 1.64. The average Bonchev–Trinajstić information content (AvgIpc) is 2.96. The molecule has 0 aliphatic heterocycles.